The van der Waals surface area contributed by atoms with Crippen molar-refractivity contribution in [1.82, 2.24) is 15.6 Å². The first-order valence-electron chi connectivity index (χ1n) is 8.16. The lowest BCUT2D eigenvalue weighted by Gasteiger charge is -2.28. The van der Waals surface area contributed by atoms with Crippen LogP contribution in [-0.2, 0) is 6.54 Å². The summed E-state index contributed by atoms with van der Waals surface area (Å²) in [5, 5.41) is 6.77. The van der Waals surface area contributed by atoms with Crippen molar-refractivity contribution in [3.8, 4) is 0 Å². The van der Waals surface area contributed by atoms with Crippen molar-refractivity contribution >= 4 is 29.9 Å². The minimum atomic E-state index is 0. The molecule has 0 bridgehead atoms. The summed E-state index contributed by atoms with van der Waals surface area (Å²) in [6, 6.07) is 5.96. The Balaban J connectivity index is 0.00000242. The zero-order valence-corrected chi connectivity index (χ0v) is 16.0. The quantitative estimate of drug-likeness (QED) is 0.438. The summed E-state index contributed by atoms with van der Waals surface area (Å²) in [6.07, 6.45) is 8.64. The van der Waals surface area contributed by atoms with Crippen LogP contribution >= 0.6 is 24.0 Å². The Kier molecular flexibility index (Phi) is 9.43. The molecule has 1 fully saturated rings. The Morgan fingerprint density at radius 1 is 1.18 bits per heavy atom. The Morgan fingerprint density at radius 2 is 1.91 bits per heavy atom. The number of hydrogen-bond donors (Lipinski definition) is 2. The Hall–Kier alpha value is -0.850. The van der Waals surface area contributed by atoms with E-state index in [4.69, 9.17) is 0 Å². The monoisotopic (exact) mass is 416 g/mol. The van der Waals surface area contributed by atoms with Gasteiger partial charge in [0.15, 0.2) is 5.96 Å². The van der Waals surface area contributed by atoms with Gasteiger partial charge in [-0.2, -0.15) is 0 Å². The summed E-state index contributed by atoms with van der Waals surface area (Å²) in [7, 11) is 1.82. The predicted octanol–water partition coefficient (Wildman–Crippen LogP) is 3.58. The number of aromatic nitrogens is 1. The van der Waals surface area contributed by atoms with E-state index in [0.717, 1.165) is 30.0 Å². The first kappa shape index (κ1) is 19.2. The van der Waals surface area contributed by atoms with Crippen molar-refractivity contribution in [3.05, 3.63) is 30.1 Å². The summed E-state index contributed by atoms with van der Waals surface area (Å²) < 4.78 is 0. The van der Waals surface area contributed by atoms with Crippen molar-refractivity contribution in [2.75, 3.05) is 13.6 Å². The number of halogens is 1. The molecule has 1 saturated carbocycles. The maximum Gasteiger partial charge on any atom is 0.191 e. The highest BCUT2D eigenvalue weighted by Gasteiger charge is 2.19. The Bertz CT molecular complexity index is 428. The van der Waals surface area contributed by atoms with E-state index in [9.17, 15) is 0 Å². The van der Waals surface area contributed by atoms with Crippen molar-refractivity contribution in [2.45, 2.75) is 45.6 Å². The molecular formula is C17H29IN4. The molecule has 1 aromatic rings. The third-order valence-corrected chi connectivity index (χ3v) is 4.49. The van der Waals surface area contributed by atoms with Crippen LogP contribution in [0.5, 0.6) is 0 Å². The molecule has 0 saturated heterocycles. The van der Waals surface area contributed by atoms with Crippen LogP contribution in [0.1, 0.15) is 44.7 Å². The lowest BCUT2D eigenvalue weighted by atomic mass is 9.81. The number of aliphatic imine (C=N–C) groups is 1. The molecule has 1 aliphatic rings. The van der Waals surface area contributed by atoms with Gasteiger partial charge in [-0.05, 0) is 36.8 Å². The zero-order valence-electron chi connectivity index (χ0n) is 13.7. The van der Waals surface area contributed by atoms with Crippen molar-refractivity contribution in [1.29, 1.82) is 0 Å². The number of nitrogens with one attached hydrogen (secondary N) is 2. The summed E-state index contributed by atoms with van der Waals surface area (Å²) in [5.74, 6) is 2.63. The normalized spacial score (nSPS) is 21.8. The summed E-state index contributed by atoms with van der Waals surface area (Å²) in [6.45, 7) is 4.05. The van der Waals surface area contributed by atoms with Gasteiger partial charge in [0, 0.05) is 19.8 Å². The second kappa shape index (κ2) is 10.8. The third kappa shape index (κ3) is 6.50. The maximum atomic E-state index is 4.31. The summed E-state index contributed by atoms with van der Waals surface area (Å²) in [5.41, 5.74) is 1.03. The van der Waals surface area contributed by atoms with Crippen molar-refractivity contribution in [3.63, 3.8) is 0 Å². The summed E-state index contributed by atoms with van der Waals surface area (Å²) >= 11 is 0. The highest BCUT2D eigenvalue weighted by atomic mass is 127. The molecular weight excluding hydrogens is 387 g/mol. The fourth-order valence-corrected chi connectivity index (χ4v) is 2.98. The van der Waals surface area contributed by atoms with E-state index < -0.39 is 0 Å². The van der Waals surface area contributed by atoms with Gasteiger partial charge < -0.3 is 10.6 Å². The summed E-state index contributed by atoms with van der Waals surface area (Å²) in [4.78, 5) is 8.59. The smallest absolute Gasteiger partial charge is 0.191 e. The molecule has 0 amide bonds. The van der Waals surface area contributed by atoms with Crippen LogP contribution in [0.3, 0.4) is 0 Å². The van der Waals surface area contributed by atoms with E-state index in [1.165, 1.54) is 32.1 Å². The number of guanidine groups is 1. The minimum Gasteiger partial charge on any atom is -0.356 e. The van der Waals surface area contributed by atoms with Crippen molar-refractivity contribution in [2.24, 2.45) is 16.8 Å². The second-order valence-corrected chi connectivity index (χ2v) is 5.92. The van der Waals surface area contributed by atoms with E-state index in [1.807, 2.05) is 31.4 Å². The average Bonchev–Trinajstić information content (AvgIpc) is 2.56. The molecule has 2 N–H and O–H groups in total. The standard InChI is InChI=1S/C17H28N4.HI/c1-3-14-7-9-15(10-8-14)12-20-17(18-2)21-13-16-6-4-5-11-19-16;/h4-6,11,14-15H,3,7-10,12-13H2,1-2H3,(H2,18,20,21);1H. The van der Waals surface area contributed by atoms with Crippen LogP contribution in [0.2, 0.25) is 0 Å². The van der Waals surface area contributed by atoms with Gasteiger partial charge in [0.1, 0.15) is 0 Å². The van der Waals surface area contributed by atoms with Gasteiger partial charge in [-0.15, -0.1) is 24.0 Å². The molecule has 0 atom stereocenters. The van der Waals surface area contributed by atoms with Gasteiger partial charge in [0.05, 0.1) is 12.2 Å². The topological polar surface area (TPSA) is 49.3 Å². The Morgan fingerprint density at radius 3 is 2.50 bits per heavy atom. The molecule has 0 aliphatic heterocycles. The number of hydrogen-bond acceptors (Lipinski definition) is 2. The molecule has 2 rings (SSSR count). The molecule has 0 spiro atoms. The average molecular weight is 416 g/mol. The van der Waals surface area contributed by atoms with Crippen molar-refractivity contribution < 1.29 is 0 Å². The predicted molar refractivity (Wildman–Crippen MR) is 104 cm³/mol. The van der Waals surface area contributed by atoms with Gasteiger partial charge in [0.2, 0.25) is 0 Å². The van der Waals surface area contributed by atoms with Crippen LogP contribution in [0, 0.1) is 11.8 Å². The fraction of sp³-hybridized carbons (Fsp3) is 0.647. The largest absolute Gasteiger partial charge is 0.356 e. The van der Waals surface area contributed by atoms with Crippen LogP contribution in [0.4, 0.5) is 0 Å². The van der Waals surface area contributed by atoms with E-state index in [-0.39, 0.29) is 24.0 Å². The highest BCUT2D eigenvalue weighted by molar-refractivity contribution is 14.0. The van der Waals surface area contributed by atoms with E-state index >= 15 is 0 Å². The van der Waals surface area contributed by atoms with Gasteiger partial charge in [-0.25, -0.2) is 0 Å². The van der Waals surface area contributed by atoms with Gasteiger partial charge in [-0.3, -0.25) is 9.98 Å². The maximum absolute atomic E-state index is 4.31. The van der Waals surface area contributed by atoms with E-state index in [2.05, 4.69) is 27.5 Å². The van der Waals surface area contributed by atoms with Crippen LogP contribution in [0.15, 0.2) is 29.4 Å². The molecule has 1 heterocycles. The second-order valence-electron chi connectivity index (χ2n) is 5.92. The SMILES string of the molecule is CCC1CCC(CNC(=NC)NCc2ccccn2)CC1.I. The van der Waals surface area contributed by atoms with E-state index in [1.54, 1.807) is 0 Å². The lowest BCUT2D eigenvalue weighted by molar-refractivity contribution is 0.269. The number of rotatable bonds is 5. The fourth-order valence-electron chi connectivity index (χ4n) is 2.98. The van der Waals surface area contributed by atoms with Crippen LogP contribution in [0.25, 0.3) is 0 Å². The van der Waals surface area contributed by atoms with Gasteiger partial charge in [-0.1, -0.05) is 32.3 Å². The van der Waals surface area contributed by atoms with Gasteiger partial charge in [0.25, 0.3) is 0 Å². The molecule has 1 aromatic heterocycles. The molecule has 5 heteroatoms. The third-order valence-electron chi connectivity index (χ3n) is 4.49. The molecule has 0 aromatic carbocycles. The molecule has 0 radical (unpaired) electrons. The minimum absolute atomic E-state index is 0. The lowest BCUT2D eigenvalue weighted by Crippen LogP contribution is -2.40. The Labute approximate surface area is 151 Å². The number of nitrogens with zero attached hydrogens (tertiary/aromatic N) is 2. The molecule has 22 heavy (non-hydrogen) atoms. The highest BCUT2D eigenvalue weighted by Crippen LogP contribution is 2.29. The first-order valence-corrected chi connectivity index (χ1v) is 8.16. The molecule has 0 unspecified atom stereocenters. The number of pyridine rings is 1. The molecule has 124 valence electrons. The first-order chi connectivity index (χ1) is 10.3. The molecule has 1 aliphatic carbocycles. The zero-order chi connectivity index (χ0) is 14.9. The molecule has 4 nitrogen and oxygen atoms in total. The van der Waals surface area contributed by atoms with Crippen LogP contribution < -0.4 is 10.6 Å². The van der Waals surface area contributed by atoms with Gasteiger partial charge >= 0.3 is 0 Å². The van der Waals surface area contributed by atoms with Crippen LogP contribution in [-0.4, -0.2) is 24.5 Å². The van der Waals surface area contributed by atoms with E-state index in [0.29, 0.717) is 6.54 Å².